The summed E-state index contributed by atoms with van der Waals surface area (Å²) in [5.41, 5.74) is 0. The van der Waals surface area contributed by atoms with Gasteiger partial charge in [-0.25, -0.2) is 0 Å². The van der Waals surface area contributed by atoms with Crippen LogP contribution in [0.5, 0.6) is 0 Å². The van der Waals surface area contributed by atoms with Gasteiger partial charge in [-0.05, 0) is 18.8 Å². The maximum absolute atomic E-state index is 3.67. The van der Waals surface area contributed by atoms with Gasteiger partial charge in [0.05, 0.1) is 0 Å². The zero-order chi connectivity index (χ0) is 11.3. The summed E-state index contributed by atoms with van der Waals surface area (Å²) in [5, 5.41) is 3.67. The number of piperazine rings is 1. The zero-order valence-electron chi connectivity index (χ0n) is 10.9. The molecule has 0 spiro atoms. The fourth-order valence-electron chi connectivity index (χ4n) is 2.51. The van der Waals surface area contributed by atoms with Crippen molar-refractivity contribution in [1.29, 1.82) is 0 Å². The normalized spacial score (nSPS) is 28.6. The standard InChI is InChI=1S/C13H28N2/c1-5-7-13-8-14-12(6-2)10-15(13)9-11(3)4/h11-14H,5-10H2,1-4H3. The Bertz CT molecular complexity index is 168. The van der Waals surface area contributed by atoms with Crippen LogP contribution in [0, 0.1) is 5.92 Å². The lowest BCUT2D eigenvalue weighted by Crippen LogP contribution is -2.56. The molecule has 0 aromatic carbocycles. The molecule has 0 aromatic rings. The van der Waals surface area contributed by atoms with Gasteiger partial charge in [-0.3, -0.25) is 4.90 Å². The van der Waals surface area contributed by atoms with Crippen LogP contribution in [-0.4, -0.2) is 36.6 Å². The fourth-order valence-corrected chi connectivity index (χ4v) is 2.51. The van der Waals surface area contributed by atoms with Gasteiger partial charge in [-0.15, -0.1) is 0 Å². The Morgan fingerprint density at radius 2 is 2.07 bits per heavy atom. The number of nitrogens with one attached hydrogen (secondary N) is 1. The number of hydrogen-bond acceptors (Lipinski definition) is 2. The highest BCUT2D eigenvalue weighted by Crippen LogP contribution is 2.15. The van der Waals surface area contributed by atoms with Crippen LogP contribution < -0.4 is 5.32 Å². The zero-order valence-corrected chi connectivity index (χ0v) is 10.9. The lowest BCUT2D eigenvalue weighted by Gasteiger charge is -2.41. The average Bonchev–Trinajstić information content (AvgIpc) is 2.20. The Labute approximate surface area is 95.4 Å². The summed E-state index contributed by atoms with van der Waals surface area (Å²) in [6, 6.07) is 1.50. The summed E-state index contributed by atoms with van der Waals surface area (Å²) < 4.78 is 0. The van der Waals surface area contributed by atoms with Crippen molar-refractivity contribution in [3.63, 3.8) is 0 Å². The molecule has 2 atom stereocenters. The lowest BCUT2D eigenvalue weighted by molar-refractivity contribution is 0.108. The van der Waals surface area contributed by atoms with Gasteiger partial charge < -0.3 is 5.32 Å². The van der Waals surface area contributed by atoms with Crippen LogP contribution >= 0.6 is 0 Å². The van der Waals surface area contributed by atoms with E-state index in [2.05, 4.69) is 37.9 Å². The fraction of sp³-hybridized carbons (Fsp3) is 1.00. The van der Waals surface area contributed by atoms with E-state index in [1.807, 2.05) is 0 Å². The van der Waals surface area contributed by atoms with Crippen molar-refractivity contribution >= 4 is 0 Å². The average molecular weight is 212 g/mol. The molecule has 90 valence electrons. The van der Waals surface area contributed by atoms with Gasteiger partial charge in [0.1, 0.15) is 0 Å². The largest absolute Gasteiger partial charge is 0.311 e. The first kappa shape index (κ1) is 13.0. The van der Waals surface area contributed by atoms with Crippen molar-refractivity contribution in [2.45, 2.75) is 59.0 Å². The molecule has 0 aliphatic carbocycles. The highest BCUT2D eigenvalue weighted by atomic mass is 15.2. The van der Waals surface area contributed by atoms with Gasteiger partial charge in [0.15, 0.2) is 0 Å². The van der Waals surface area contributed by atoms with E-state index in [1.54, 1.807) is 0 Å². The lowest BCUT2D eigenvalue weighted by atomic mass is 10.0. The van der Waals surface area contributed by atoms with Crippen molar-refractivity contribution in [2.24, 2.45) is 5.92 Å². The van der Waals surface area contributed by atoms with E-state index < -0.39 is 0 Å². The number of rotatable bonds is 5. The van der Waals surface area contributed by atoms with E-state index in [0.717, 1.165) is 18.0 Å². The second-order valence-corrected chi connectivity index (χ2v) is 5.30. The van der Waals surface area contributed by atoms with Crippen LogP contribution in [0.3, 0.4) is 0 Å². The Balaban J connectivity index is 2.48. The van der Waals surface area contributed by atoms with E-state index in [-0.39, 0.29) is 0 Å². The Hall–Kier alpha value is -0.0800. The van der Waals surface area contributed by atoms with Crippen molar-refractivity contribution in [3.05, 3.63) is 0 Å². The second kappa shape index (κ2) is 6.49. The van der Waals surface area contributed by atoms with Crippen LogP contribution in [0.4, 0.5) is 0 Å². The van der Waals surface area contributed by atoms with E-state index >= 15 is 0 Å². The molecule has 0 bridgehead atoms. The molecule has 1 aliphatic heterocycles. The molecule has 1 rings (SSSR count). The van der Waals surface area contributed by atoms with Crippen LogP contribution in [0.1, 0.15) is 47.0 Å². The number of hydrogen-bond donors (Lipinski definition) is 1. The van der Waals surface area contributed by atoms with Gasteiger partial charge in [0.25, 0.3) is 0 Å². The molecule has 0 aromatic heterocycles. The van der Waals surface area contributed by atoms with E-state index in [4.69, 9.17) is 0 Å². The smallest absolute Gasteiger partial charge is 0.0221 e. The molecule has 0 saturated carbocycles. The van der Waals surface area contributed by atoms with Crippen LogP contribution in [0.2, 0.25) is 0 Å². The molecular formula is C13H28N2. The first-order valence-electron chi connectivity index (χ1n) is 6.64. The van der Waals surface area contributed by atoms with E-state index in [0.29, 0.717) is 0 Å². The third kappa shape index (κ3) is 4.12. The molecule has 0 amide bonds. The van der Waals surface area contributed by atoms with E-state index in [9.17, 15) is 0 Å². The van der Waals surface area contributed by atoms with Crippen molar-refractivity contribution in [1.82, 2.24) is 10.2 Å². The summed E-state index contributed by atoms with van der Waals surface area (Å²) in [6.07, 6.45) is 3.90. The molecule has 0 radical (unpaired) electrons. The first-order chi connectivity index (χ1) is 7.17. The Morgan fingerprint density at radius 1 is 1.33 bits per heavy atom. The van der Waals surface area contributed by atoms with Gasteiger partial charge in [0, 0.05) is 31.7 Å². The van der Waals surface area contributed by atoms with Gasteiger partial charge in [-0.1, -0.05) is 34.1 Å². The quantitative estimate of drug-likeness (QED) is 0.753. The molecular weight excluding hydrogens is 184 g/mol. The Morgan fingerprint density at radius 3 is 2.60 bits per heavy atom. The molecule has 15 heavy (non-hydrogen) atoms. The maximum atomic E-state index is 3.67. The predicted octanol–water partition coefficient (Wildman–Crippen LogP) is 2.49. The third-order valence-corrected chi connectivity index (χ3v) is 3.33. The van der Waals surface area contributed by atoms with Crippen molar-refractivity contribution in [3.8, 4) is 0 Å². The molecule has 1 aliphatic rings. The third-order valence-electron chi connectivity index (χ3n) is 3.33. The van der Waals surface area contributed by atoms with Crippen LogP contribution in [0.15, 0.2) is 0 Å². The molecule has 1 saturated heterocycles. The first-order valence-corrected chi connectivity index (χ1v) is 6.64. The van der Waals surface area contributed by atoms with Crippen molar-refractivity contribution in [2.75, 3.05) is 19.6 Å². The van der Waals surface area contributed by atoms with Crippen molar-refractivity contribution < 1.29 is 0 Å². The molecule has 2 heteroatoms. The predicted molar refractivity (Wildman–Crippen MR) is 67.2 cm³/mol. The van der Waals surface area contributed by atoms with E-state index in [1.165, 1.54) is 38.9 Å². The summed E-state index contributed by atoms with van der Waals surface area (Å²) in [5.74, 6) is 0.792. The molecule has 2 nitrogen and oxygen atoms in total. The maximum Gasteiger partial charge on any atom is 0.0221 e. The Kier molecular flexibility index (Phi) is 5.62. The SMILES string of the molecule is CCCC1CNC(CC)CN1CC(C)C. The summed E-state index contributed by atoms with van der Waals surface area (Å²) in [4.78, 5) is 2.71. The monoisotopic (exact) mass is 212 g/mol. The minimum Gasteiger partial charge on any atom is -0.311 e. The summed E-state index contributed by atoms with van der Waals surface area (Å²) in [6.45, 7) is 12.9. The molecule has 2 unspecified atom stereocenters. The summed E-state index contributed by atoms with van der Waals surface area (Å²) in [7, 11) is 0. The summed E-state index contributed by atoms with van der Waals surface area (Å²) >= 11 is 0. The van der Waals surface area contributed by atoms with Gasteiger partial charge in [-0.2, -0.15) is 0 Å². The molecule has 1 N–H and O–H groups in total. The second-order valence-electron chi connectivity index (χ2n) is 5.30. The van der Waals surface area contributed by atoms with Gasteiger partial charge >= 0.3 is 0 Å². The molecule has 1 fully saturated rings. The van der Waals surface area contributed by atoms with Gasteiger partial charge in [0.2, 0.25) is 0 Å². The van der Waals surface area contributed by atoms with Crippen LogP contribution in [-0.2, 0) is 0 Å². The number of nitrogens with zero attached hydrogens (tertiary/aromatic N) is 1. The topological polar surface area (TPSA) is 15.3 Å². The highest BCUT2D eigenvalue weighted by Gasteiger charge is 2.26. The minimum atomic E-state index is 0.719. The molecule has 1 heterocycles. The minimum absolute atomic E-state index is 0.719. The van der Waals surface area contributed by atoms with Crippen LogP contribution in [0.25, 0.3) is 0 Å². The highest BCUT2D eigenvalue weighted by molar-refractivity contribution is 4.85.